The molecule has 1 N–H and O–H groups in total. The predicted molar refractivity (Wildman–Crippen MR) is 73.5 cm³/mol. The summed E-state index contributed by atoms with van der Waals surface area (Å²) in [5, 5.41) is 12.0. The SMILES string of the molecule is Cc1nc(C2C(C(=O)O)OCC(=O)N2CC(C)C)cs1. The van der Waals surface area contributed by atoms with Crippen molar-refractivity contribution in [1.29, 1.82) is 0 Å². The van der Waals surface area contributed by atoms with E-state index in [0.717, 1.165) is 5.01 Å². The molecule has 1 aromatic heterocycles. The monoisotopic (exact) mass is 298 g/mol. The van der Waals surface area contributed by atoms with Crippen LogP contribution in [0.4, 0.5) is 0 Å². The van der Waals surface area contributed by atoms with Crippen molar-refractivity contribution >= 4 is 23.2 Å². The van der Waals surface area contributed by atoms with E-state index in [4.69, 9.17) is 4.74 Å². The van der Waals surface area contributed by atoms with Gasteiger partial charge in [0, 0.05) is 11.9 Å². The van der Waals surface area contributed by atoms with Gasteiger partial charge in [0.2, 0.25) is 5.91 Å². The average molecular weight is 298 g/mol. The number of hydrogen-bond donors (Lipinski definition) is 1. The van der Waals surface area contributed by atoms with Gasteiger partial charge in [-0.3, -0.25) is 4.79 Å². The fourth-order valence-corrected chi connectivity index (χ4v) is 2.94. The zero-order chi connectivity index (χ0) is 14.9. The van der Waals surface area contributed by atoms with Gasteiger partial charge in [0.25, 0.3) is 0 Å². The Labute approximate surface area is 121 Å². The topological polar surface area (TPSA) is 79.7 Å². The van der Waals surface area contributed by atoms with Crippen molar-refractivity contribution in [3.63, 3.8) is 0 Å². The lowest BCUT2D eigenvalue weighted by Crippen LogP contribution is -2.52. The zero-order valence-corrected chi connectivity index (χ0v) is 12.5. The van der Waals surface area contributed by atoms with Gasteiger partial charge >= 0.3 is 5.97 Å². The van der Waals surface area contributed by atoms with Gasteiger partial charge in [-0.2, -0.15) is 0 Å². The molecule has 110 valence electrons. The fraction of sp³-hybridized carbons (Fsp3) is 0.615. The van der Waals surface area contributed by atoms with Gasteiger partial charge in [-0.1, -0.05) is 13.8 Å². The molecule has 6 nitrogen and oxygen atoms in total. The number of thiazole rings is 1. The first-order valence-corrected chi connectivity index (χ1v) is 7.34. The second kappa shape index (κ2) is 5.88. The first-order valence-electron chi connectivity index (χ1n) is 6.46. The highest BCUT2D eigenvalue weighted by Gasteiger charge is 2.43. The molecule has 2 heterocycles. The number of carbonyl (C=O) groups excluding carboxylic acids is 1. The molecule has 1 aromatic rings. The largest absolute Gasteiger partial charge is 0.479 e. The van der Waals surface area contributed by atoms with Crippen LogP contribution in [0.5, 0.6) is 0 Å². The van der Waals surface area contributed by atoms with Crippen LogP contribution in [0.2, 0.25) is 0 Å². The summed E-state index contributed by atoms with van der Waals surface area (Å²) in [4.78, 5) is 29.4. The minimum absolute atomic E-state index is 0.188. The molecule has 1 amide bonds. The van der Waals surface area contributed by atoms with Gasteiger partial charge in [-0.05, 0) is 12.8 Å². The van der Waals surface area contributed by atoms with Crippen LogP contribution in [-0.4, -0.2) is 46.1 Å². The standard InChI is InChI=1S/C13H18N2O4S/c1-7(2)4-15-10(16)5-19-12(13(17)18)11(15)9-6-20-8(3)14-9/h6-7,11-12H,4-5H2,1-3H3,(H,17,18). The summed E-state index contributed by atoms with van der Waals surface area (Å²) in [5.74, 6) is -1.01. The summed E-state index contributed by atoms with van der Waals surface area (Å²) in [6.45, 7) is 6.13. The molecule has 2 atom stereocenters. The van der Waals surface area contributed by atoms with Gasteiger partial charge in [0.15, 0.2) is 6.10 Å². The quantitative estimate of drug-likeness (QED) is 0.910. The van der Waals surface area contributed by atoms with Crippen molar-refractivity contribution in [2.75, 3.05) is 13.2 Å². The lowest BCUT2D eigenvalue weighted by Gasteiger charge is -2.39. The lowest BCUT2D eigenvalue weighted by atomic mass is 10.0. The Morgan fingerprint density at radius 3 is 2.85 bits per heavy atom. The maximum atomic E-state index is 12.1. The van der Waals surface area contributed by atoms with Crippen molar-refractivity contribution in [2.24, 2.45) is 5.92 Å². The van der Waals surface area contributed by atoms with Crippen LogP contribution >= 0.6 is 11.3 Å². The Morgan fingerprint density at radius 1 is 1.65 bits per heavy atom. The van der Waals surface area contributed by atoms with Crippen LogP contribution in [0, 0.1) is 12.8 Å². The lowest BCUT2D eigenvalue weighted by molar-refractivity contribution is -0.174. The number of carboxylic acid groups (broad SMARTS) is 1. The molecule has 1 aliphatic heterocycles. The van der Waals surface area contributed by atoms with Gasteiger partial charge in [0.1, 0.15) is 12.6 Å². The van der Waals surface area contributed by atoms with Crippen LogP contribution < -0.4 is 0 Å². The molecule has 7 heteroatoms. The molecule has 0 saturated carbocycles. The van der Waals surface area contributed by atoms with Crippen LogP contribution in [0.1, 0.15) is 30.6 Å². The molecular weight excluding hydrogens is 280 g/mol. The van der Waals surface area contributed by atoms with Gasteiger partial charge in [-0.25, -0.2) is 9.78 Å². The summed E-state index contributed by atoms with van der Waals surface area (Å²) < 4.78 is 5.21. The molecule has 0 aromatic carbocycles. The number of nitrogens with zero attached hydrogens (tertiary/aromatic N) is 2. The van der Waals surface area contributed by atoms with E-state index in [1.165, 1.54) is 11.3 Å². The molecule has 0 radical (unpaired) electrons. The number of rotatable bonds is 4. The second-order valence-electron chi connectivity index (χ2n) is 5.25. The molecule has 0 spiro atoms. The molecule has 1 saturated heterocycles. The highest BCUT2D eigenvalue weighted by atomic mass is 32.1. The van der Waals surface area contributed by atoms with E-state index in [1.54, 1.807) is 10.3 Å². The van der Waals surface area contributed by atoms with E-state index in [2.05, 4.69) is 4.98 Å². The van der Waals surface area contributed by atoms with Gasteiger partial charge < -0.3 is 14.7 Å². The third-order valence-corrected chi connectivity index (χ3v) is 3.87. The summed E-state index contributed by atoms with van der Waals surface area (Å²) in [7, 11) is 0. The molecule has 1 aliphatic rings. The first-order chi connectivity index (χ1) is 9.40. The average Bonchev–Trinajstić information content (AvgIpc) is 2.77. The van der Waals surface area contributed by atoms with Gasteiger partial charge in [0.05, 0.1) is 10.7 Å². The highest BCUT2D eigenvalue weighted by molar-refractivity contribution is 7.09. The van der Waals surface area contributed by atoms with E-state index in [-0.39, 0.29) is 18.4 Å². The number of aliphatic carboxylic acids is 1. The molecular formula is C13H18N2O4S. The number of amides is 1. The van der Waals surface area contributed by atoms with Crippen LogP contribution in [0.3, 0.4) is 0 Å². The smallest absolute Gasteiger partial charge is 0.335 e. The molecule has 2 rings (SSSR count). The van der Waals surface area contributed by atoms with E-state index < -0.39 is 18.1 Å². The third-order valence-electron chi connectivity index (χ3n) is 3.07. The minimum atomic E-state index is -1.07. The Balaban J connectivity index is 2.38. The number of carboxylic acids is 1. The van der Waals surface area contributed by atoms with E-state index in [0.29, 0.717) is 12.2 Å². The summed E-state index contributed by atoms with van der Waals surface area (Å²) >= 11 is 1.44. The molecule has 2 unspecified atom stereocenters. The van der Waals surface area contributed by atoms with E-state index in [1.807, 2.05) is 20.8 Å². The number of morpholine rings is 1. The van der Waals surface area contributed by atoms with Crippen molar-refractivity contribution in [3.8, 4) is 0 Å². The Kier molecular flexibility index (Phi) is 4.39. The van der Waals surface area contributed by atoms with Crippen LogP contribution in [0.15, 0.2) is 5.38 Å². The summed E-state index contributed by atoms with van der Waals surface area (Å²) in [5.41, 5.74) is 0.591. The van der Waals surface area contributed by atoms with Crippen molar-refractivity contribution in [3.05, 3.63) is 16.1 Å². The number of aromatic nitrogens is 1. The number of carbonyl (C=O) groups is 2. The van der Waals surface area contributed by atoms with E-state index >= 15 is 0 Å². The molecule has 0 bridgehead atoms. The maximum absolute atomic E-state index is 12.1. The summed E-state index contributed by atoms with van der Waals surface area (Å²) in [6.07, 6.45) is -1.06. The number of ether oxygens (including phenoxy) is 1. The minimum Gasteiger partial charge on any atom is -0.479 e. The fourth-order valence-electron chi connectivity index (χ4n) is 2.30. The first kappa shape index (κ1) is 14.9. The van der Waals surface area contributed by atoms with Crippen molar-refractivity contribution < 1.29 is 19.4 Å². The Morgan fingerprint density at radius 2 is 2.35 bits per heavy atom. The Hall–Kier alpha value is -1.47. The zero-order valence-electron chi connectivity index (χ0n) is 11.7. The predicted octanol–water partition coefficient (Wildman–Crippen LogP) is 1.46. The Bertz CT molecular complexity index is 514. The number of aryl methyl sites for hydroxylation is 1. The van der Waals surface area contributed by atoms with Crippen LogP contribution in [-0.2, 0) is 14.3 Å². The molecule has 1 fully saturated rings. The second-order valence-corrected chi connectivity index (χ2v) is 6.31. The summed E-state index contributed by atoms with van der Waals surface area (Å²) in [6, 6.07) is -0.652. The molecule has 20 heavy (non-hydrogen) atoms. The molecule has 0 aliphatic carbocycles. The normalized spacial score (nSPS) is 23.4. The third kappa shape index (κ3) is 2.99. The van der Waals surface area contributed by atoms with Crippen molar-refractivity contribution in [2.45, 2.75) is 32.9 Å². The number of hydrogen-bond acceptors (Lipinski definition) is 5. The van der Waals surface area contributed by atoms with Gasteiger partial charge in [-0.15, -0.1) is 11.3 Å². The highest BCUT2D eigenvalue weighted by Crippen LogP contribution is 2.31. The van der Waals surface area contributed by atoms with Crippen molar-refractivity contribution in [1.82, 2.24) is 9.88 Å². The van der Waals surface area contributed by atoms with Crippen LogP contribution in [0.25, 0.3) is 0 Å². The maximum Gasteiger partial charge on any atom is 0.335 e. The van der Waals surface area contributed by atoms with E-state index in [9.17, 15) is 14.7 Å².